The second kappa shape index (κ2) is 3.88. The van der Waals surface area contributed by atoms with Crippen molar-refractivity contribution in [3.05, 3.63) is 30.3 Å². The maximum Gasteiger partial charge on any atom is 0.307 e. The van der Waals surface area contributed by atoms with Crippen LogP contribution < -0.4 is 5.32 Å². The lowest BCUT2D eigenvalue weighted by molar-refractivity contribution is -0.0193. The van der Waals surface area contributed by atoms with Gasteiger partial charge in [-0.2, -0.15) is 0 Å². The van der Waals surface area contributed by atoms with E-state index in [1.165, 1.54) is 0 Å². The van der Waals surface area contributed by atoms with E-state index in [0.29, 0.717) is 5.69 Å². The number of para-hydroxylation sites is 1. The summed E-state index contributed by atoms with van der Waals surface area (Å²) in [6.45, 7) is 0. The summed E-state index contributed by atoms with van der Waals surface area (Å²) in [5.41, 5.74) is 0.704. The first-order valence-corrected chi connectivity index (χ1v) is 3.38. The minimum absolute atomic E-state index is 0.281. The normalized spacial score (nSPS) is 8.82. The Hall–Kier alpha value is -1.16. The first-order chi connectivity index (χ1) is 5.33. The van der Waals surface area contributed by atoms with E-state index < -0.39 is 0 Å². The largest absolute Gasteiger partial charge is 0.314 e. The number of nitrogens with one attached hydrogen (secondary N) is 1. The molecule has 4 heteroatoms. The Labute approximate surface area is 68.9 Å². The van der Waals surface area contributed by atoms with E-state index in [9.17, 15) is 4.53 Å². The summed E-state index contributed by atoms with van der Waals surface area (Å²) in [6, 6.07) is 8.98. The quantitative estimate of drug-likeness (QED) is 0.655. The van der Waals surface area contributed by atoms with Crippen LogP contribution in [0.1, 0.15) is 0 Å². The molecule has 0 spiro atoms. The first kappa shape index (κ1) is 7.94. The molecule has 11 heavy (non-hydrogen) atoms. The lowest BCUT2D eigenvalue weighted by Crippen LogP contribution is -2.08. The van der Waals surface area contributed by atoms with Crippen LogP contribution in [0.2, 0.25) is 0 Å². The number of thiocarbonyl (C=S) groups is 1. The van der Waals surface area contributed by atoms with Gasteiger partial charge in [0, 0.05) is 10.2 Å². The summed E-state index contributed by atoms with van der Waals surface area (Å²) in [5, 5.41) is 2.24. The lowest BCUT2D eigenvalue weighted by Gasteiger charge is -2.00. The zero-order valence-electron chi connectivity index (χ0n) is 5.58. The van der Waals surface area contributed by atoms with Crippen molar-refractivity contribution in [1.82, 2.24) is 0 Å². The fourth-order valence-electron chi connectivity index (χ4n) is 0.659. The van der Waals surface area contributed by atoms with Crippen molar-refractivity contribution >= 4 is 23.1 Å². The van der Waals surface area contributed by atoms with E-state index >= 15 is 0 Å². The molecule has 0 saturated heterocycles. The van der Waals surface area contributed by atoms with Crippen LogP contribution >= 0.6 is 12.2 Å². The van der Waals surface area contributed by atoms with Gasteiger partial charge in [0.15, 0.2) is 0 Å². The minimum Gasteiger partial charge on any atom is -0.314 e. The molecule has 0 bridgehead atoms. The molecule has 0 aliphatic carbocycles. The van der Waals surface area contributed by atoms with Crippen molar-refractivity contribution in [2.24, 2.45) is 0 Å². The van der Waals surface area contributed by atoms with Gasteiger partial charge in [-0.05, 0) is 24.4 Å². The van der Waals surface area contributed by atoms with Crippen LogP contribution in [-0.4, -0.2) is 5.17 Å². The van der Waals surface area contributed by atoms with Gasteiger partial charge in [-0.1, -0.05) is 18.2 Å². The monoisotopic (exact) mass is 171 g/mol. The Morgan fingerprint density at radius 2 is 2.00 bits per heavy atom. The van der Waals surface area contributed by atoms with E-state index in [-0.39, 0.29) is 5.17 Å². The van der Waals surface area contributed by atoms with Gasteiger partial charge in [-0.25, -0.2) is 0 Å². The predicted molar refractivity (Wildman–Crippen MR) is 44.9 cm³/mol. The molecule has 0 saturated carbocycles. The number of benzene rings is 1. The van der Waals surface area contributed by atoms with Gasteiger partial charge in [0.1, 0.15) is 0 Å². The van der Waals surface area contributed by atoms with Crippen molar-refractivity contribution in [3.8, 4) is 0 Å². The zero-order valence-corrected chi connectivity index (χ0v) is 6.40. The second-order valence-electron chi connectivity index (χ2n) is 1.86. The van der Waals surface area contributed by atoms with Crippen LogP contribution in [0.4, 0.5) is 10.2 Å². The third-order valence-corrected chi connectivity index (χ3v) is 1.26. The van der Waals surface area contributed by atoms with Crippen LogP contribution in [0.15, 0.2) is 30.3 Å². The van der Waals surface area contributed by atoms with Crippen molar-refractivity contribution in [2.45, 2.75) is 0 Å². The molecule has 0 heterocycles. The highest BCUT2D eigenvalue weighted by atomic mass is 32.1. The summed E-state index contributed by atoms with van der Waals surface area (Å²) in [4.78, 5) is 3.27. The topological polar surface area (TPSA) is 21.3 Å². The number of anilines is 1. The zero-order chi connectivity index (χ0) is 8.10. The fourth-order valence-corrected chi connectivity index (χ4v) is 0.776. The maximum atomic E-state index is 11.4. The van der Waals surface area contributed by atoms with E-state index in [0.717, 1.165) is 0 Å². The Morgan fingerprint density at radius 1 is 1.36 bits per heavy atom. The molecule has 0 atom stereocenters. The van der Waals surface area contributed by atoms with Gasteiger partial charge in [-0.15, -0.1) is 0 Å². The molecule has 0 fully saturated rings. The summed E-state index contributed by atoms with van der Waals surface area (Å²) in [5.74, 6) is 0. The third-order valence-electron chi connectivity index (χ3n) is 1.09. The summed E-state index contributed by atoms with van der Waals surface area (Å²) < 4.78 is 11.4. The van der Waals surface area contributed by atoms with Crippen LogP contribution in [0, 0.1) is 0 Å². The minimum atomic E-state index is -0.281. The standard InChI is InChI=1S/C7H6FNOS/c8-10-7(11)9-6-4-2-1-3-5-6/h1-5H,(H,9,11). The Bertz CT molecular complexity index is 239. The van der Waals surface area contributed by atoms with E-state index in [4.69, 9.17) is 0 Å². The number of hydrogen-bond acceptors (Lipinski definition) is 2. The molecule has 58 valence electrons. The maximum absolute atomic E-state index is 11.4. The molecule has 1 aromatic rings. The molecule has 1 rings (SSSR count). The number of hydrogen-bond donors (Lipinski definition) is 1. The van der Waals surface area contributed by atoms with E-state index in [1.54, 1.807) is 12.1 Å². The third kappa shape index (κ3) is 2.51. The Balaban J connectivity index is 2.58. The molecule has 2 nitrogen and oxygen atoms in total. The van der Waals surface area contributed by atoms with Gasteiger partial charge in [0.05, 0.1) is 0 Å². The van der Waals surface area contributed by atoms with Crippen molar-refractivity contribution in [1.29, 1.82) is 0 Å². The molecule has 1 aromatic carbocycles. The van der Waals surface area contributed by atoms with Crippen LogP contribution in [0.25, 0.3) is 0 Å². The molecule has 0 aliphatic heterocycles. The predicted octanol–water partition coefficient (Wildman–Crippen LogP) is 2.28. The highest BCUT2D eigenvalue weighted by Crippen LogP contribution is 2.05. The Morgan fingerprint density at radius 3 is 2.55 bits per heavy atom. The molecule has 0 aliphatic rings. The molecule has 0 unspecified atom stereocenters. The summed E-state index contributed by atoms with van der Waals surface area (Å²) in [7, 11) is 0. The average molecular weight is 171 g/mol. The molecule has 0 aromatic heterocycles. The van der Waals surface area contributed by atoms with Crippen LogP contribution in [-0.2, 0) is 4.94 Å². The average Bonchev–Trinajstić information content (AvgIpc) is 2.06. The lowest BCUT2D eigenvalue weighted by atomic mass is 10.3. The highest BCUT2D eigenvalue weighted by molar-refractivity contribution is 7.80. The molecule has 1 N–H and O–H groups in total. The van der Waals surface area contributed by atoms with E-state index in [1.807, 2.05) is 18.2 Å². The van der Waals surface area contributed by atoms with Gasteiger partial charge < -0.3 is 5.32 Å². The van der Waals surface area contributed by atoms with E-state index in [2.05, 4.69) is 22.5 Å². The van der Waals surface area contributed by atoms with Crippen LogP contribution in [0.5, 0.6) is 0 Å². The SMILES string of the molecule is FOC(=S)Nc1ccccc1. The van der Waals surface area contributed by atoms with Crippen molar-refractivity contribution in [3.63, 3.8) is 0 Å². The van der Waals surface area contributed by atoms with Crippen molar-refractivity contribution < 1.29 is 9.47 Å². The molecular formula is C7H6FNOS. The summed E-state index contributed by atoms with van der Waals surface area (Å²) in [6.07, 6.45) is 0. The highest BCUT2D eigenvalue weighted by Gasteiger charge is 1.95. The smallest absolute Gasteiger partial charge is 0.307 e. The molecular weight excluding hydrogens is 165 g/mol. The Kier molecular flexibility index (Phi) is 2.80. The number of halogens is 1. The first-order valence-electron chi connectivity index (χ1n) is 2.97. The number of rotatable bonds is 1. The van der Waals surface area contributed by atoms with Gasteiger partial charge in [0.2, 0.25) is 0 Å². The molecule has 0 amide bonds. The van der Waals surface area contributed by atoms with Gasteiger partial charge in [-0.3, -0.25) is 4.94 Å². The fraction of sp³-hybridized carbons (Fsp3) is 0. The summed E-state index contributed by atoms with van der Waals surface area (Å²) >= 11 is 4.43. The van der Waals surface area contributed by atoms with Crippen LogP contribution in [0.3, 0.4) is 0 Å². The van der Waals surface area contributed by atoms with Crippen molar-refractivity contribution in [2.75, 3.05) is 5.32 Å². The second-order valence-corrected chi connectivity index (χ2v) is 2.23. The van der Waals surface area contributed by atoms with Gasteiger partial charge in [0.25, 0.3) is 0 Å². The molecule has 0 radical (unpaired) electrons. The van der Waals surface area contributed by atoms with Gasteiger partial charge >= 0.3 is 5.17 Å².